The minimum atomic E-state index is 0.346. The lowest BCUT2D eigenvalue weighted by Gasteiger charge is -2.10. The third kappa shape index (κ3) is 2.87. The SMILES string of the molecule is COc1ccc(Cl)c(Nc2ncc(N)cc2C#N)c1. The van der Waals surface area contributed by atoms with Crippen molar-refractivity contribution >= 4 is 28.8 Å². The van der Waals surface area contributed by atoms with Gasteiger partial charge in [0.25, 0.3) is 0 Å². The highest BCUT2D eigenvalue weighted by Crippen LogP contribution is 2.30. The van der Waals surface area contributed by atoms with Crippen LogP contribution in [0.4, 0.5) is 17.2 Å². The van der Waals surface area contributed by atoms with Gasteiger partial charge in [-0.15, -0.1) is 0 Å². The van der Waals surface area contributed by atoms with E-state index in [-0.39, 0.29) is 0 Å². The van der Waals surface area contributed by atoms with Gasteiger partial charge >= 0.3 is 0 Å². The Kier molecular flexibility index (Phi) is 3.74. The van der Waals surface area contributed by atoms with E-state index in [2.05, 4.69) is 10.3 Å². The van der Waals surface area contributed by atoms with E-state index in [1.807, 2.05) is 6.07 Å². The van der Waals surface area contributed by atoms with E-state index < -0.39 is 0 Å². The number of nitrogens with two attached hydrogens (primary N) is 1. The van der Waals surface area contributed by atoms with Crippen LogP contribution in [0.15, 0.2) is 30.5 Å². The molecule has 3 N–H and O–H groups in total. The Bertz CT molecular complexity index is 652. The maximum absolute atomic E-state index is 9.05. The molecule has 0 radical (unpaired) electrons. The summed E-state index contributed by atoms with van der Waals surface area (Å²) in [5.41, 5.74) is 6.97. The van der Waals surface area contributed by atoms with Gasteiger partial charge in [0.1, 0.15) is 17.6 Å². The van der Waals surface area contributed by atoms with Crippen LogP contribution < -0.4 is 15.8 Å². The van der Waals surface area contributed by atoms with Crippen LogP contribution in [-0.2, 0) is 0 Å². The second kappa shape index (κ2) is 5.46. The normalized spacial score (nSPS) is 9.74. The Balaban J connectivity index is 2.39. The van der Waals surface area contributed by atoms with Crippen molar-refractivity contribution in [3.05, 3.63) is 41.0 Å². The fourth-order valence-corrected chi connectivity index (χ4v) is 1.69. The third-order valence-electron chi connectivity index (χ3n) is 2.46. The Hall–Kier alpha value is -2.45. The van der Waals surface area contributed by atoms with Crippen LogP contribution in [0.25, 0.3) is 0 Å². The van der Waals surface area contributed by atoms with E-state index in [4.69, 9.17) is 27.3 Å². The summed E-state index contributed by atoms with van der Waals surface area (Å²) in [5.74, 6) is 1.05. The first-order valence-electron chi connectivity index (χ1n) is 5.40. The molecule has 0 saturated heterocycles. The number of methoxy groups -OCH3 is 1. The van der Waals surface area contributed by atoms with Gasteiger partial charge in [-0.25, -0.2) is 4.98 Å². The van der Waals surface area contributed by atoms with Crippen molar-refractivity contribution < 1.29 is 4.74 Å². The molecule has 5 nitrogen and oxygen atoms in total. The first-order chi connectivity index (χ1) is 9.13. The summed E-state index contributed by atoms with van der Waals surface area (Å²) in [5, 5.41) is 12.5. The van der Waals surface area contributed by atoms with E-state index in [1.54, 1.807) is 31.4 Å². The first-order valence-corrected chi connectivity index (χ1v) is 5.78. The summed E-state index contributed by atoms with van der Waals surface area (Å²) >= 11 is 6.08. The van der Waals surface area contributed by atoms with Crippen LogP contribution in [0.5, 0.6) is 5.75 Å². The van der Waals surface area contributed by atoms with Crippen LogP contribution in [0.3, 0.4) is 0 Å². The molecule has 0 aliphatic rings. The second-order valence-corrected chi connectivity index (χ2v) is 4.15. The molecule has 19 heavy (non-hydrogen) atoms. The number of benzene rings is 1. The zero-order valence-electron chi connectivity index (χ0n) is 10.1. The predicted octanol–water partition coefficient (Wildman–Crippen LogP) is 2.94. The average Bonchev–Trinajstić information content (AvgIpc) is 2.43. The molecule has 1 heterocycles. The van der Waals surface area contributed by atoms with Crippen molar-refractivity contribution in [2.24, 2.45) is 0 Å². The van der Waals surface area contributed by atoms with E-state index >= 15 is 0 Å². The largest absolute Gasteiger partial charge is 0.497 e. The molecule has 6 heteroatoms. The van der Waals surface area contributed by atoms with Gasteiger partial charge in [-0.3, -0.25) is 0 Å². The van der Waals surface area contributed by atoms with Gasteiger partial charge in [0.15, 0.2) is 0 Å². The van der Waals surface area contributed by atoms with Gasteiger partial charge in [0.05, 0.1) is 35.3 Å². The number of hydrogen-bond acceptors (Lipinski definition) is 5. The Morgan fingerprint density at radius 2 is 2.21 bits per heavy atom. The fourth-order valence-electron chi connectivity index (χ4n) is 1.52. The minimum absolute atomic E-state index is 0.346. The van der Waals surface area contributed by atoms with Gasteiger partial charge in [-0.1, -0.05) is 11.6 Å². The topological polar surface area (TPSA) is 84.0 Å². The van der Waals surface area contributed by atoms with E-state index in [9.17, 15) is 0 Å². The predicted molar refractivity (Wildman–Crippen MR) is 74.7 cm³/mol. The van der Waals surface area contributed by atoms with Crippen molar-refractivity contribution in [1.82, 2.24) is 4.98 Å². The maximum atomic E-state index is 9.05. The molecule has 1 aromatic heterocycles. The van der Waals surface area contributed by atoms with Crippen molar-refractivity contribution in [3.63, 3.8) is 0 Å². The Morgan fingerprint density at radius 3 is 2.89 bits per heavy atom. The lowest BCUT2D eigenvalue weighted by Crippen LogP contribution is -1.99. The van der Waals surface area contributed by atoms with Crippen molar-refractivity contribution in [2.75, 3.05) is 18.2 Å². The summed E-state index contributed by atoms with van der Waals surface area (Å²) in [4.78, 5) is 4.08. The standard InChI is InChI=1S/C13H11ClN4O/c1-19-10-2-3-11(14)12(5-10)18-13-8(6-15)4-9(16)7-17-13/h2-5,7H,16H2,1H3,(H,17,18). The van der Waals surface area contributed by atoms with Crippen LogP contribution in [0.1, 0.15) is 5.56 Å². The summed E-state index contributed by atoms with van der Waals surface area (Å²) in [7, 11) is 1.56. The first kappa shape index (κ1) is 13.0. The molecule has 2 aromatic rings. The zero-order valence-corrected chi connectivity index (χ0v) is 10.9. The third-order valence-corrected chi connectivity index (χ3v) is 2.79. The van der Waals surface area contributed by atoms with Crippen molar-refractivity contribution in [3.8, 4) is 11.8 Å². The number of halogens is 1. The molecule has 96 valence electrons. The van der Waals surface area contributed by atoms with Crippen LogP contribution in [0, 0.1) is 11.3 Å². The number of hydrogen-bond donors (Lipinski definition) is 2. The molecule has 0 fully saturated rings. The summed E-state index contributed by atoms with van der Waals surface area (Å²) in [6.45, 7) is 0. The highest BCUT2D eigenvalue weighted by Gasteiger charge is 2.08. The molecule has 0 amide bonds. The smallest absolute Gasteiger partial charge is 0.148 e. The summed E-state index contributed by atoms with van der Waals surface area (Å²) in [6, 6.07) is 8.74. The molecule has 0 aliphatic carbocycles. The molecule has 0 bridgehead atoms. The molecular weight excluding hydrogens is 264 g/mol. The number of ether oxygens (including phenoxy) is 1. The van der Waals surface area contributed by atoms with Gasteiger partial charge in [0, 0.05) is 6.07 Å². The van der Waals surface area contributed by atoms with Crippen LogP contribution >= 0.6 is 11.6 Å². The molecule has 0 atom stereocenters. The van der Waals surface area contributed by atoms with E-state index in [0.717, 1.165) is 0 Å². The molecule has 2 rings (SSSR count). The zero-order chi connectivity index (χ0) is 13.8. The van der Waals surface area contributed by atoms with Gasteiger partial charge in [-0.2, -0.15) is 5.26 Å². The highest BCUT2D eigenvalue weighted by atomic mass is 35.5. The number of rotatable bonds is 3. The number of pyridine rings is 1. The van der Waals surface area contributed by atoms with E-state index in [1.165, 1.54) is 6.20 Å². The number of aromatic nitrogens is 1. The molecule has 0 spiro atoms. The summed E-state index contributed by atoms with van der Waals surface area (Å²) in [6.07, 6.45) is 1.47. The maximum Gasteiger partial charge on any atom is 0.148 e. The molecule has 1 aromatic carbocycles. The lowest BCUT2D eigenvalue weighted by atomic mass is 10.2. The number of nitrogens with one attached hydrogen (secondary N) is 1. The molecule has 0 aliphatic heterocycles. The molecule has 0 saturated carbocycles. The number of nitriles is 1. The number of nitrogens with zero attached hydrogens (tertiary/aromatic N) is 2. The second-order valence-electron chi connectivity index (χ2n) is 3.75. The quantitative estimate of drug-likeness (QED) is 0.899. The molecule has 0 unspecified atom stereocenters. The Morgan fingerprint density at radius 1 is 1.42 bits per heavy atom. The van der Waals surface area contributed by atoms with Gasteiger partial charge in [0.2, 0.25) is 0 Å². The van der Waals surface area contributed by atoms with Gasteiger partial charge in [-0.05, 0) is 18.2 Å². The van der Waals surface area contributed by atoms with Crippen molar-refractivity contribution in [1.29, 1.82) is 5.26 Å². The minimum Gasteiger partial charge on any atom is -0.497 e. The monoisotopic (exact) mass is 274 g/mol. The van der Waals surface area contributed by atoms with Crippen LogP contribution in [0.2, 0.25) is 5.02 Å². The lowest BCUT2D eigenvalue weighted by molar-refractivity contribution is 0.415. The van der Waals surface area contributed by atoms with E-state index in [0.29, 0.717) is 33.5 Å². The molecular formula is C13H11ClN4O. The average molecular weight is 275 g/mol. The summed E-state index contributed by atoms with van der Waals surface area (Å²) < 4.78 is 5.12. The van der Waals surface area contributed by atoms with Gasteiger partial charge < -0.3 is 15.8 Å². The highest BCUT2D eigenvalue weighted by molar-refractivity contribution is 6.33. The van der Waals surface area contributed by atoms with Crippen molar-refractivity contribution in [2.45, 2.75) is 0 Å². The fraction of sp³-hybridized carbons (Fsp3) is 0.0769. The number of nitrogen functional groups attached to an aromatic ring is 1. The van der Waals surface area contributed by atoms with Crippen LogP contribution in [-0.4, -0.2) is 12.1 Å². The number of anilines is 3. The Labute approximate surface area is 115 Å².